The third-order valence-electron chi connectivity index (χ3n) is 2.73. The lowest BCUT2D eigenvalue weighted by Crippen LogP contribution is -2.16. The van der Waals surface area contributed by atoms with Crippen LogP contribution in [-0.2, 0) is 0 Å². The average molecular weight is 393 g/mol. The topological polar surface area (TPSA) is 12.0 Å². The van der Waals surface area contributed by atoms with Crippen LogP contribution in [0.1, 0.15) is 21.4 Å². The Labute approximate surface area is 127 Å². The predicted octanol–water partition coefficient (Wildman–Crippen LogP) is 5.03. The quantitative estimate of drug-likeness (QED) is 0.772. The molecule has 0 aliphatic heterocycles. The van der Waals surface area contributed by atoms with Crippen molar-refractivity contribution in [1.82, 2.24) is 5.32 Å². The van der Waals surface area contributed by atoms with Crippen LogP contribution in [0.3, 0.4) is 0 Å². The van der Waals surface area contributed by atoms with Crippen LogP contribution in [0, 0.1) is 12.7 Å². The maximum absolute atomic E-state index is 13.6. The minimum Gasteiger partial charge on any atom is -0.309 e. The minimum absolute atomic E-state index is 0.0163. The van der Waals surface area contributed by atoms with E-state index >= 15 is 0 Å². The van der Waals surface area contributed by atoms with Crippen LogP contribution in [0.2, 0.25) is 0 Å². The van der Waals surface area contributed by atoms with Crippen molar-refractivity contribution in [3.05, 3.63) is 54.3 Å². The fourth-order valence-electron chi connectivity index (χ4n) is 1.79. The average Bonchev–Trinajstić information content (AvgIpc) is 2.65. The first kappa shape index (κ1) is 14.2. The summed E-state index contributed by atoms with van der Waals surface area (Å²) in [5.74, 6) is -0.236. The molecule has 0 amide bonds. The first-order chi connectivity index (χ1) is 8.52. The Morgan fingerprint density at radius 1 is 1.22 bits per heavy atom. The fourth-order valence-corrected chi connectivity index (χ4v) is 3.74. The maximum atomic E-state index is 13.6. The number of thiophene rings is 1. The smallest absolute Gasteiger partial charge is 0.137 e. The molecule has 1 nitrogen and oxygen atoms in total. The Kier molecular flexibility index (Phi) is 4.59. The number of rotatable bonds is 3. The van der Waals surface area contributed by atoms with Gasteiger partial charge < -0.3 is 5.32 Å². The number of nitrogens with one attached hydrogen (secondary N) is 1. The third kappa shape index (κ3) is 2.85. The fraction of sp³-hybridized carbons (Fsp3) is 0.231. The molecule has 1 atom stereocenters. The van der Waals surface area contributed by atoms with Gasteiger partial charge in [-0.2, -0.15) is 0 Å². The molecule has 0 radical (unpaired) electrons. The molecule has 1 unspecified atom stereocenters. The van der Waals surface area contributed by atoms with Crippen LogP contribution < -0.4 is 5.32 Å². The van der Waals surface area contributed by atoms with E-state index in [0.29, 0.717) is 4.47 Å². The van der Waals surface area contributed by atoms with Crippen LogP contribution in [0.25, 0.3) is 0 Å². The lowest BCUT2D eigenvalue weighted by Gasteiger charge is -2.15. The first-order valence-corrected chi connectivity index (χ1v) is 7.81. The van der Waals surface area contributed by atoms with E-state index in [9.17, 15) is 4.39 Å². The van der Waals surface area contributed by atoms with E-state index < -0.39 is 0 Å². The van der Waals surface area contributed by atoms with Crippen LogP contribution in [0.5, 0.6) is 0 Å². The highest BCUT2D eigenvalue weighted by Gasteiger charge is 2.16. The highest BCUT2D eigenvalue weighted by molar-refractivity contribution is 9.10. The highest BCUT2D eigenvalue weighted by Crippen LogP contribution is 2.34. The van der Waals surface area contributed by atoms with Crippen LogP contribution in [0.4, 0.5) is 4.39 Å². The molecule has 0 saturated carbocycles. The van der Waals surface area contributed by atoms with E-state index in [1.165, 1.54) is 9.75 Å². The molecular formula is C13H12Br2FNS. The van der Waals surface area contributed by atoms with E-state index in [1.807, 2.05) is 13.1 Å². The van der Waals surface area contributed by atoms with E-state index in [4.69, 9.17) is 0 Å². The molecule has 2 aromatic rings. The molecular weight excluding hydrogens is 381 g/mol. The van der Waals surface area contributed by atoms with Gasteiger partial charge in [-0.3, -0.25) is 0 Å². The molecule has 2 rings (SSSR count). The second-order valence-electron chi connectivity index (χ2n) is 3.95. The van der Waals surface area contributed by atoms with Gasteiger partial charge in [0.25, 0.3) is 0 Å². The molecule has 1 N–H and O–H groups in total. The summed E-state index contributed by atoms with van der Waals surface area (Å²) in [5, 5.41) is 3.23. The SMILES string of the molecule is CNC(c1ccc(Br)c(F)c1)c1cc(Br)c(C)s1. The van der Waals surface area contributed by atoms with Gasteiger partial charge in [0.2, 0.25) is 0 Å². The molecule has 5 heteroatoms. The molecule has 0 aliphatic carbocycles. The second kappa shape index (κ2) is 5.82. The van der Waals surface area contributed by atoms with Crippen molar-refractivity contribution < 1.29 is 4.39 Å². The second-order valence-corrected chi connectivity index (χ2v) is 6.94. The van der Waals surface area contributed by atoms with Crippen LogP contribution in [0.15, 0.2) is 33.2 Å². The van der Waals surface area contributed by atoms with Crippen molar-refractivity contribution in [2.45, 2.75) is 13.0 Å². The summed E-state index contributed by atoms with van der Waals surface area (Å²) >= 11 is 8.39. The zero-order chi connectivity index (χ0) is 13.3. The number of benzene rings is 1. The standard InChI is InChI=1S/C13H12Br2FNS/c1-7-10(15)6-12(18-7)13(17-2)8-3-4-9(14)11(16)5-8/h3-6,13,17H,1-2H3. The first-order valence-electron chi connectivity index (χ1n) is 5.41. The van der Waals surface area contributed by atoms with Gasteiger partial charge in [0.15, 0.2) is 0 Å². The number of hydrogen-bond acceptors (Lipinski definition) is 2. The summed E-state index contributed by atoms with van der Waals surface area (Å²) in [6.45, 7) is 2.06. The van der Waals surface area contributed by atoms with Crippen LogP contribution in [-0.4, -0.2) is 7.05 Å². The van der Waals surface area contributed by atoms with E-state index in [-0.39, 0.29) is 11.9 Å². The molecule has 1 heterocycles. The molecule has 96 valence electrons. The van der Waals surface area contributed by atoms with Crippen molar-refractivity contribution in [3.8, 4) is 0 Å². The van der Waals surface area contributed by atoms with Gasteiger partial charge >= 0.3 is 0 Å². The maximum Gasteiger partial charge on any atom is 0.137 e. The van der Waals surface area contributed by atoms with E-state index in [1.54, 1.807) is 23.5 Å². The Hall–Kier alpha value is -0.230. The van der Waals surface area contributed by atoms with Crippen molar-refractivity contribution >= 4 is 43.2 Å². The lowest BCUT2D eigenvalue weighted by atomic mass is 10.1. The molecule has 0 fully saturated rings. The predicted molar refractivity (Wildman–Crippen MR) is 81.8 cm³/mol. The summed E-state index contributed by atoms with van der Waals surface area (Å²) in [5.41, 5.74) is 0.923. The number of hydrogen-bond donors (Lipinski definition) is 1. The summed E-state index contributed by atoms with van der Waals surface area (Å²) < 4.78 is 15.2. The molecule has 0 bridgehead atoms. The van der Waals surface area contributed by atoms with Crippen molar-refractivity contribution in [2.75, 3.05) is 7.05 Å². The Bertz CT molecular complexity index is 549. The Morgan fingerprint density at radius 3 is 2.44 bits per heavy atom. The molecule has 1 aromatic carbocycles. The highest BCUT2D eigenvalue weighted by atomic mass is 79.9. The van der Waals surface area contributed by atoms with E-state index in [2.05, 4.69) is 50.2 Å². The minimum atomic E-state index is -0.236. The summed E-state index contributed by atoms with van der Waals surface area (Å²) in [4.78, 5) is 2.39. The van der Waals surface area contributed by atoms with E-state index in [0.717, 1.165) is 10.0 Å². The van der Waals surface area contributed by atoms with Gasteiger partial charge in [0, 0.05) is 14.2 Å². The van der Waals surface area contributed by atoms with Gasteiger partial charge in [0.1, 0.15) is 5.82 Å². The van der Waals surface area contributed by atoms with Gasteiger partial charge in [0.05, 0.1) is 10.5 Å². The normalized spacial score (nSPS) is 12.7. The summed E-state index contributed by atoms with van der Waals surface area (Å²) in [7, 11) is 1.88. The van der Waals surface area contributed by atoms with Gasteiger partial charge in [-0.1, -0.05) is 6.07 Å². The van der Waals surface area contributed by atoms with Crippen molar-refractivity contribution in [2.24, 2.45) is 0 Å². The molecule has 1 aromatic heterocycles. The molecule has 0 aliphatic rings. The number of aryl methyl sites for hydroxylation is 1. The largest absolute Gasteiger partial charge is 0.309 e. The van der Waals surface area contributed by atoms with Crippen LogP contribution >= 0.6 is 43.2 Å². The lowest BCUT2D eigenvalue weighted by molar-refractivity contribution is 0.611. The van der Waals surface area contributed by atoms with Crippen molar-refractivity contribution in [3.63, 3.8) is 0 Å². The number of halogens is 3. The zero-order valence-corrected chi connectivity index (χ0v) is 13.9. The Morgan fingerprint density at radius 2 is 1.94 bits per heavy atom. The third-order valence-corrected chi connectivity index (χ3v) is 5.57. The van der Waals surface area contributed by atoms with Gasteiger partial charge in [-0.15, -0.1) is 11.3 Å². The van der Waals surface area contributed by atoms with Gasteiger partial charge in [-0.05, 0) is 69.6 Å². The van der Waals surface area contributed by atoms with Crippen molar-refractivity contribution in [1.29, 1.82) is 0 Å². The Balaban J connectivity index is 2.41. The molecule has 0 spiro atoms. The molecule has 18 heavy (non-hydrogen) atoms. The van der Waals surface area contributed by atoms with Gasteiger partial charge in [-0.25, -0.2) is 4.39 Å². The summed E-state index contributed by atoms with van der Waals surface area (Å²) in [6.07, 6.45) is 0. The monoisotopic (exact) mass is 391 g/mol. The summed E-state index contributed by atoms with van der Waals surface area (Å²) in [6, 6.07) is 7.33. The molecule has 0 saturated heterocycles. The zero-order valence-electron chi connectivity index (χ0n) is 9.93.